The molecule has 0 radical (unpaired) electrons. The summed E-state index contributed by atoms with van der Waals surface area (Å²) in [6.07, 6.45) is 2.27. The average Bonchev–Trinajstić information content (AvgIpc) is 2.20. The molecule has 0 aliphatic carbocycles. The molecule has 0 fully saturated rings. The largest absolute Gasteiger partial charge is 0.301 e. The van der Waals surface area contributed by atoms with E-state index >= 15 is 0 Å². The minimum absolute atomic E-state index is 0.257. The van der Waals surface area contributed by atoms with Gasteiger partial charge in [-0.15, -0.1) is 0 Å². The maximum atomic E-state index is 12.0. The van der Waals surface area contributed by atoms with E-state index in [1.165, 1.54) is 0 Å². The summed E-state index contributed by atoms with van der Waals surface area (Å²) in [5.41, 5.74) is 0. The van der Waals surface area contributed by atoms with Crippen molar-refractivity contribution in [1.82, 2.24) is 4.90 Å². The van der Waals surface area contributed by atoms with Gasteiger partial charge < -0.3 is 4.90 Å². The summed E-state index contributed by atoms with van der Waals surface area (Å²) >= 11 is 3.41. The lowest BCUT2D eigenvalue weighted by molar-refractivity contribution is 0.302. The van der Waals surface area contributed by atoms with Crippen molar-refractivity contribution in [3.8, 4) is 0 Å². The zero-order valence-corrected chi connectivity index (χ0v) is 13.9. The summed E-state index contributed by atoms with van der Waals surface area (Å²) in [7, 11) is -2.99. The van der Waals surface area contributed by atoms with Crippen molar-refractivity contribution in [3.63, 3.8) is 0 Å². The fourth-order valence-corrected chi connectivity index (χ4v) is 3.00. The SMILES string of the molecule is CCCCN(CCBr)CCS(=O)(=O)C(C)(C)C. The molecule has 0 aromatic rings. The number of rotatable bonds is 8. The van der Waals surface area contributed by atoms with Crippen LogP contribution in [0.1, 0.15) is 40.5 Å². The fourth-order valence-electron chi connectivity index (χ4n) is 1.39. The van der Waals surface area contributed by atoms with E-state index in [0.29, 0.717) is 6.54 Å². The van der Waals surface area contributed by atoms with E-state index in [2.05, 4.69) is 27.8 Å². The van der Waals surface area contributed by atoms with Gasteiger partial charge in [0.1, 0.15) is 0 Å². The third-order valence-corrected chi connectivity index (χ3v) is 5.78. The van der Waals surface area contributed by atoms with Crippen LogP contribution in [0.25, 0.3) is 0 Å². The summed E-state index contributed by atoms with van der Waals surface area (Å²) in [6.45, 7) is 10.0. The van der Waals surface area contributed by atoms with Crippen LogP contribution in [0.2, 0.25) is 0 Å². The molecule has 0 heterocycles. The highest BCUT2D eigenvalue weighted by molar-refractivity contribution is 9.09. The lowest BCUT2D eigenvalue weighted by Gasteiger charge is -2.24. The zero-order chi connectivity index (χ0) is 13.5. The minimum Gasteiger partial charge on any atom is -0.301 e. The summed E-state index contributed by atoms with van der Waals surface area (Å²) in [5, 5.41) is 0.895. The number of nitrogens with zero attached hydrogens (tertiary/aromatic N) is 1. The Morgan fingerprint density at radius 1 is 1.12 bits per heavy atom. The summed E-state index contributed by atoms with van der Waals surface area (Å²) in [6, 6.07) is 0. The van der Waals surface area contributed by atoms with Crippen LogP contribution in [-0.4, -0.2) is 48.8 Å². The van der Waals surface area contributed by atoms with E-state index in [9.17, 15) is 8.42 Å². The van der Waals surface area contributed by atoms with Crippen molar-refractivity contribution in [2.24, 2.45) is 0 Å². The summed E-state index contributed by atoms with van der Waals surface area (Å²) in [5.74, 6) is 0.257. The molecule has 104 valence electrons. The Kier molecular flexibility index (Phi) is 7.92. The Balaban J connectivity index is 4.30. The molecule has 0 amide bonds. The second-order valence-electron chi connectivity index (χ2n) is 5.32. The molecule has 0 aromatic carbocycles. The lowest BCUT2D eigenvalue weighted by atomic mass is 10.3. The Morgan fingerprint density at radius 3 is 2.12 bits per heavy atom. The van der Waals surface area contributed by atoms with Gasteiger partial charge in [-0.1, -0.05) is 29.3 Å². The average molecular weight is 328 g/mol. The smallest absolute Gasteiger partial charge is 0.156 e. The molecule has 0 rings (SSSR count). The van der Waals surface area contributed by atoms with Gasteiger partial charge in [-0.05, 0) is 33.7 Å². The number of halogens is 1. The van der Waals surface area contributed by atoms with Crippen molar-refractivity contribution < 1.29 is 8.42 Å². The van der Waals surface area contributed by atoms with Gasteiger partial charge in [0.05, 0.1) is 10.5 Å². The Labute approximate surface area is 115 Å². The van der Waals surface area contributed by atoms with Crippen molar-refractivity contribution in [2.45, 2.75) is 45.3 Å². The molecule has 0 bridgehead atoms. The van der Waals surface area contributed by atoms with Crippen molar-refractivity contribution in [2.75, 3.05) is 30.7 Å². The van der Waals surface area contributed by atoms with Gasteiger partial charge in [-0.25, -0.2) is 8.42 Å². The van der Waals surface area contributed by atoms with Crippen LogP contribution in [0.4, 0.5) is 0 Å². The number of hydrogen-bond donors (Lipinski definition) is 0. The molecule has 0 aromatic heterocycles. The molecular weight excluding hydrogens is 302 g/mol. The van der Waals surface area contributed by atoms with E-state index in [4.69, 9.17) is 0 Å². The van der Waals surface area contributed by atoms with Crippen LogP contribution in [0.15, 0.2) is 0 Å². The first-order valence-corrected chi connectivity index (χ1v) is 9.02. The third-order valence-electron chi connectivity index (χ3n) is 2.84. The fraction of sp³-hybridized carbons (Fsp3) is 1.00. The van der Waals surface area contributed by atoms with Crippen LogP contribution < -0.4 is 0 Å². The van der Waals surface area contributed by atoms with Crippen LogP contribution in [0.5, 0.6) is 0 Å². The molecule has 0 saturated heterocycles. The standard InChI is InChI=1S/C12H26BrNO2S/c1-5-6-8-14(9-7-13)10-11-17(15,16)12(2,3)4/h5-11H2,1-4H3. The van der Waals surface area contributed by atoms with Gasteiger partial charge in [-0.3, -0.25) is 0 Å². The van der Waals surface area contributed by atoms with E-state index in [0.717, 1.165) is 31.3 Å². The topological polar surface area (TPSA) is 37.4 Å². The normalized spacial score (nSPS) is 13.3. The van der Waals surface area contributed by atoms with Crippen LogP contribution >= 0.6 is 15.9 Å². The van der Waals surface area contributed by atoms with Crippen LogP contribution in [0, 0.1) is 0 Å². The molecule has 3 nitrogen and oxygen atoms in total. The summed E-state index contributed by atoms with van der Waals surface area (Å²) < 4.78 is 23.4. The molecule has 0 saturated carbocycles. The highest BCUT2D eigenvalue weighted by atomic mass is 79.9. The quantitative estimate of drug-likeness (QED) is 0.643. The maximum absolute atomic E-state index is 12.0. The Bertz CT molecular complexity index is 296. The Hall–Kier alpha value is 0.390. The third kappa shape index (κ3) is 6.77. The van der Waals surface area contributed by atoms with Gasteiger partial charge in [0, 0.05) is 18.4 Å². The monoisotopic (exact) mass is 327 g/mol. The molecular formula is C12H26BrNO2S. The first kappa shape index (κ1) is 17.4. The van der Waals surface area contributed by atoms with E-state index in [-0.39, 0.29) is 5.75 Å². The minimum atomic E-state index is -2.99. The molecule has 0 aliphatic rings. The van der Waals surface area contributed by atoms with E-state index in [1.54, 1.807) is 20.8 Å². The maximum Gasteiger partial charge on any atom is 0.156 e. The molecule has 0 atom stereocenters. The second kappa shape index (κ2) is 7.74. The number of hydrogen-bond acceptors (Lipinski definition) is 3. The predicted molar refractivity (Wildman–Crippen MR) is 78.7 cm³/mol. The van der Waals surface area contributed by atoms with Gasteiger partial charge in [0.25, 0.3) is 0 Å². The van der Waals surface area contributed by atoms with Gasteiger partial charge >= 0.3 is 0 Å². The second-order valence-corrected chi connectivity index (χ2v) is 8.97. The highest BCUT2D eigenvalue weighted by Gasteiger charge is 2.28. The van der Waals surface area contributed by atoms with Gasteiger partial charge in [-0.2, -0.15) is 0 Å². The van der Waals surface area contributed by atoms with E-state index in [1.807, 2.05) is 0 Å². The molecule has 0 spiro atoms. The predicted octanol–water partition coefficient (Wildman–Crippen LogP) is 2.70. The lowest BCUT2D eigenvalue weighted by Crippen LogP contribution is -2.37. The first-order chi connectivity index (χ1) is 7.74. The molecule has 5 heteroatoms. The van der Waals surface area contributed by atoms with Gasteiger partial charge in [0.2, 0.25) is 0 Å². The molecule has 0 N–H and O–H groups in total. The molecule has 0 unspecified atom stereocenters. The Morgan fingerprint density at radius 2 is 1.71 bits per heavy atom. The van der Waals surface area contributed by atoms with E-state index < -0.39 is 14.6 Å². The number of alkyl halides is 1. The molecule has 17 heavy (non-hydrogen) atoms. The van der Waals surface area contributed by atoms with Crippen molar-refractivity contribution >= 4 is 25.8 Å². The summed E-state index contributed by atoms with van der Waals surface area (Å²) in [4.78, 5) is 2.22. The van der Waals surface area contributed by atoms with Crippen molar-refractivity contribution in [1.29, 1.82) is 0 Å². The van der Waals surface area contributed by atoms with Crippen molar-refractivity contribution in [3.05, 3.63) is 0 Å². The zero-order valence-electron chi connectivity index (χ0n) is 11.5. The highest BCUT2D eigenvalue weighted by Crippen LogP contribution is 2.16. The van der Waals surface area contributed by atoms with Crippen LogP contribution in [-0.2, 0) is 9.84 Å². The number of sulfone groups is 1. The van der Waals surface area contributed by atoms with Crippen LogP contribution in [0.3, 0.4) is 0 Å². The van der Waals surface area contributed by atoms with Gasteiger partial charge in [0.15, 0.2) is 9.84 Å². The first-order valence-electron chi connectivity index (χ1n) is 6.25. The molecule has 0 aliphatic heterocycles. The number of unbranched alkanes of at least 4 members (excludes halogenated alkanes) is 1.